The number of rotatable bonds is 2. The number of allylic oxidation sites excluding steroid dienone is 2. The molecule has 2 N–H and O–H groups in total. The van der Waals surface area contributed by atoms with Gasteiger partial charge in [0.25, 0.3) is 0 Å². The molecule has 0 saturated carbocycles. The van der Waals surface area contributed by atoms with Gasteiger partial charge in [-0.3, -0.25) is 19.0 Å². The van der Waals surface area contributed by atoms with E-state index < -0.39 is 0 Å². The van der Waals surface area contributed by atoms with Crippen LogP contribution in [0.4, 0.5) is 0 Å². The van der Waals surface area contributed by atoms with E-state index in [9.17, 15) is 19.5 Å². The van der Waals surface area contributed by atoms with E-state index in [4.69, 9.17) is 5.41 Å². The zero-order valence-electron chi connectivity index (χ0n) is 13.1. The number of nitrogens with one attached hydrogen (secondary N) is 1. The summed E-state index contributed by atoms with van der Waals surface area (Å²) >= 11 is 0. The van der Waals surface area contributed by atoms with Crippen molar-refractivity contribution in [3.63, 3.8) is 0 Å². The Kier molecular flexibility index (Phi) is 6.01. The van der Waals surface area contributed by atoms with Crippen LogP contribution in [0.3, 0.4) is 0 Å². The molecule has 0 atom stereocenters. The van der Waals surface area contributed by atoms with E-state index in [0.29, 0.717) is 19.4 Å². The van der Waals surface area contributed by atoms with Crippen molar-refractivity contribution in [2.24, 2.45) is 5.41 Å². The molecule has 6 nitrogen and oxygen atoms in total. The third-order valence-corrected chi connectivity index (χ3v) is 5.08. The normalized spacial score (nSPS) is 17.0. The number of Topliss-reactive ketones (excluding diaryl/α,β-unsaturated/α-hetero) is 1. The fourth-order valence-electron chi connectivity index (χ4n) is 2.21. The average Bonchev–Trinajstić information content (AvgIpc) is 2.66. The molecule has 0 aromatic carbocycles. The van der Waals surface area contributed by atoms with Gasteiger partial charge in [0, 0.05) is 26.5 Å². The second-order valence-corrected chi connectivity index (χ2v) is 7.86. The lowest BCUT2D eigenvalue weighted by Crippen LogP contribution is -2.28. The minimum absolute atomic E-state index is 0. The highest BCUT2D eigenvalue weighted by Gasteiger charge is 2.33. The maximum absolute atomic E-state index is 11.5. The van der Waals surface area contributed by atoms with Gasteiger partial charge in [0.1, 0.15) is 5.76 Å². The summed E-state index contributed by atoms with van der Waals surface area (Å²) < 4.78 is 1.22. The molecule has 1 aromatic rings. The van der Waals surface area contributed by atoms with Gasteiger partial charge < -0.3 is 10.5 Å². The highest BCUT2D eigenvalue weighted by molar-refractivity contribution is 7.67. The number of hydrogen-bond acceptors (Lipinski definition) is 7. The van der Waals surface area contributed by atoms with Gasteiger partial charge in [-0.05, 0) is 39.9 Å². The Morgan fingerprint density at radius 1 is 1.27 bits per heavy atom. The van der Waals surface area contributed by atoms with E-state index in [0.717, 1.165) is 20.7 Å². The van der Waals surface area contributed by atoms with Crippen LogP contribution in [0, 0.1) is 10.8 Å². The van der Waals surface area contributed by atoms with Gasteiger partial charge in [0.15, 0.2) is 5.78 Å². The molecule has 1 aromatic heterocycles. The summed E-state index contributed by atoms with van der Waals surface area (Å²) in [4.78, 5) is 32.5. The zero-order chi connectivity index (χ0) is 17.1. The highest BCUT2D eigenvalue weighted by atomic mass is 32.9. The Morgan fingerprint density at radius 3 is 2.09 bits per heavy atom. The van der Waals surface area contributed by atoms with Crippen LogP contribution in [0.1, 0.15) is 42.0 Å². The Labute approximate surface area is 137 Å². The first kappa shape index (κ1) is 18.5. The molecule has 0 saturated heterocycles. The molecular weight excluding hydrogens is 324 g/mol. The van der Waals surface area contributed by atoms with Gasteiger partial charge in [-0.25, -0.2) is 0 Å². The van der Waals surface area contributed by atoms with E-state index in [1.807, 2.05) is 13.8 Å². The molecule has 1 aliphatic carbocycles. The number of ketones is 1. The van der Waals surface area contributed by atoms with E-state index >= 15 is 0 Å². The zero-order valence-corrected chi connectivity index (χ0v) is 14.7. The number of carbonyl (C=O) groups is 1. The van der Waals surface area contributed by atoms with E-state index in [-0.39, 0.29) is 39.4 Å². The summed E-state index contributed by atoms with van der Waals surface area (Å²) in [6.07, 6.45) is 0.910. The number of carbonyl (C=O) groups excluding carboxylic acids is 1. The molecular formula is C14H22N2O4S2. The Hall–Kier alpha value is -1.54. The summed E-state index contributed by atoms with van der Waals surface area (Å²) in [5.41, 5.74) is 0.220. The standard InChI is InChI=1S/C10H15NO2.C4H5NO2S2.H2/c1-6(11)9-7(12)4-10(2,3)5-8(9)13;1-2-5-3(6)8-9-4(5)7;/h11-12H,4-5H2,1-3H3;2H2,1H3;1H. The summed E-state index contributed by atoms with van der Waals surface area (Å²) in [6, 6.07) is 0. The van der Waals surface area contributed by atoms with Crippen LogP contribution in [-0.4, -0.2) is 21.2 Å². The molecule has 0 unspecified atom stereocenters. The summed E-state index contributed by atoms with van der Waals surface area (Å²) in [5.74, 6) is -0.0324. The summed E-state index contributed by atoms with van der Waals surface area (Å²) in [5, 5.41) is 16.9. The SMILES string of the molecule is CC(=N)C1=C(O)CC(C)(C)CC1=O.CCn1c(=O)ssc1=O.[HH]. The topological polar surface area (TPSA) is 100 Å². The van der Waals surface area contributed by atoms with Crippen molar-refractivity contribution < 1.29 is 11.3 Å². The van der Waals surface area contributed by atoms with Crippen molar-refractivity contribution in [1.82, 2.24) is 4.57 Å². The molecule has 1 aliphatic rings. The Balaban J connectivity index is 0.000000427. The minimum atomic E-state index is -0.167. The van der Waals surface area contributed by atoms with Gasteiger partial charge >= 0.3 is 9.75 Å². The van der Waals surface area contributed by atoms with Crippen LogP contribution in [0.5, 0.6) is 0 Å². The lowest BCUT2D eigenvalue weighted by molar-refractivity contribution is -0.117. The van der Waals surface area contributed by atoms with Crippen LogP contribution in [0.2, 0.25) is 0 Å². The third-order valence-electron chi connectivity index (χ3n) is 3.17. The lowest BCUT2D eigenvalue weighted by Gasteiger charge is -2.29. The largest absolute Gasteiger partial charge is 0.511 e. The molecule has 2 rings (SSSR count). The predicted octanol–water partition coefficient (Wildman–Crippen LogP) is 2.82. The third kappa shape index (κ3) is 4.48. The van der Waals surface area contributed by atoms with Crippen molar-refractivity contribution in [2.45, 2.75) is 47.1 Å². The van der Waals surface area contributed by atoms with Crippen LogP contribution in [0.25, 0.3) is 0 Å². The van der Waals surface area contributed by atoms with Gasteiger partial charge in [0.05, 0.1) is 5.57 Å². The van der Waals surface area contributed by atoms with Gasteiger partial charge in [0.2, 0.25) is 0 Å². The Morgan fingerprint density at radius 2 is 1.77 bits per heavy atom. The predicted molar refractivity (Wildman–Crippen MR) is 91.6 cm³/mol. The van der Waals surface area contributed by atoms with Crippen molar-refractivity contribution in [3.8, 4) is 0 Å². The Bertz CT molecular complexity index is 700. The van der Waals surface area contributed by atoms with Crippen molar-refractivity contribution in [2.75, 3.05) is 0 Å². The second-order valence-electron chi connectivity index (χ2n) is 5.83. The molecule has 0 bridgehead atoms. The average molecular weight is 346 g/mol. The molecule has 124 valence electrons. The van der Waals surface area contributed by atoms with Crippen LogP contribution in [0.15, 0.2) is 20.9 Å². The first-order chi connectivity index (χ1) is 10.1. The molecule has 0 amide bonds. The minimum Gasteiger partial charge on any atom is -0.511 e. The van der Waals surface area contributed by atoms with Crippen molar-refractivity contribution in [3.05, 3.63) is 30.7 Å². The molecule has 22 heavy (non-hydrogen) atoms. The molecule has 0 radical (unpaired) electrons. The van der Waals surface area contributed by atoms with Crippen molar-refractivity contribution in [1.29, 1.82) is 5.41 Å². The maximum Gasteiger partial charge on any atom is 0.320 e. The number of aromatic nitrogens is 1. The van der Waals surface area contributed by atoms with Gasteiger partial charge in [-0.15, -0.1) is 0 Å². The second kappa shape index (κ2) is 7.15. The monoisotopic (exact) mass is 346 g/mol. The molecule has 8 heteroatoms. The molecule has 0 aliphatic heterocycles. The number of aliphatic hydroxyl groups excluding tert-OH is 1. The summed E-state index contributed by atoms with van der Waals surface area (Å²) in [6.45, 7) is 7.68. The number of hydrogen-bond donors (Lipinski definition) is 2. The lowest BCUT2D eigenvalue weighted by atomic mass is 9.76. The highest BCUT2D eigenvalue weighted by Crippen LogP contribution is 2.35. The fourth-order valence-corrected chi connectivity index (χ4v) is 3.98. The van der Waals surface area contributed by atoms with Crippen molar-refractivity contribution >= 4 is 32.2 Å². The first-order valence-corrected chi connectivity index (χ1v) is 8.95. The first-order valence-electron chi connectivity index (χ1n) is 6.80. The smallest absolute Gasteiger partial charge is 0.320 e. The molecule has 0 fully saturated rings. The van der Waals surface area contributed by atoms with Gasteiger partial charge in [-0.1, -0.05) is 13.8 Å². The number of aliphatic hydroxyl groups is 1. The van der Waals surface area contributed by atoms with Crippen LogP contribution < -0.4 is 9.75 Å². The quantitative estimate of drug-likeness (QED) is 0.635. The van der Waals surface area contributed by atoms with E-state index in [1.165, 1.54) is 11.5 Å². The van der Waals surface area contributed by atoms with Crippen LogP contribution in [-0.2, 0) is 11.3 Å². The number of nitrogens with zero attached hydrogens (tertiary/aromatic N) is 1. The summed E-state index contributed by atoms with van der Waals surface area (Å²) in [7, 11) is 1.98. The molecule has 1 heterocycles. The maximum atomic E-state index is 11.5. The fraction of sp³-hybridized carbons (Fsp3) is 0.571. The van der Waals surface area contributed by atoms with E-state index in [2.05, 4.69) is 0 Å². The molecule has 0 spiro atoms. The van der Waals surface area contributed by atoms with Gasteiger partial charge in [-0.2, -0.15) is 0 Å². The van der Waals surface area contributed by atoms with E-state index in [1.54, 1.807) is 6.92 Å². The van der Waals surface area contributed by atoms with Crippen LogP contribution >= 0.6 is 20.7 Å².